The number of rotatable bonds is 4. The minimum Gasteiger partial charge on any atom is -0.465 e. The summed E-state index contributed by atoms with van der Waals surface area (Å²) < 4.78 is 6.39. The zero-order valence-corrected chi connectivity index (χ0v) is 15.5. The van der Waals surface area contributed by atoms with E-state index in [-0.39, 0.29) is 11.9 Å². The molecule has 0 aromatic heterocycles. The number of carbonyl (C=O) groups is 2. The molecular formula is C16H13BrINO3. The highest BCUT2D eigenvalue weighted by molar-refractivity contribution is 14.1. The van der Waals surface area contributed by atoms with Gasteiger partial charge in [-0.05, 0) is 58.5 Å². The van der Waals surface area contributed by atoms with E-state index in [0.717, 1.165) is 13.6 Å². The van der Waals surface area contributed by atoms with Gasteiger partial charge in [-0.3, -0.25) is 4.79 Å². The van der Waals surface area contributed by atoms with Gasteiger partial charge in [-0.2, -0.15) is 0 Å². The average molecular weight is 474 g/mol. The van der Waals surface area contributed by atoms with Crippen LogP contribution in [-0.2, 0) is 11.3 Å². The summed E-state index contributed by atoms with van der Waals surface area (Å²) in [4.78, 5) is 23.5. The molecule has 0 saturated heterocycles. The lowest BCUT2D eigenvalue weighted by Crippen LogP contribution is -2.23. The molecule has 0 aliphatic carbocycles. The fourth-order valence-electron chi connectivity index (χ4n) is 1.83. The van der Waals surface area contributed by atoms with Gasteiger partial charge in [-0.25, -0.2) is 4.79 Å². The highest BCUT2D eigenvalue weighted by Gasteiger charge is 2.10. The minimum atomic E-state index is -0.376. The monoisotopic (exact) mass is 473 g/mol. The molecule has 0 aliphatic rings. The van der Waals surface area contributed by atoms with Crippen molar-refractivity contribution >= 4 is 50.4 Å². The summed E-state index contributed by atoms with van der Waals surface area (Å²) in [5.41, 5.74) is 2.02. The van der Waals surface area contributed by atoms with Crippen LogP contribution in [0.25, 0.3) is 0 Å². The smallest absolute Gasteiger partial charge is 0.337 e. The van der Waals surface area contributed by atoms with Gasteiger partial charge in [0.2, 0.25) is 0 Å². The molecule has 114 valence electrons. The van der Waals surface area contributed by atoms with Crippen molar-refractivity contribution in [2.24, 2.45) is 0 Å². The van der Waals surface area contributed by atoms with Crippen molar-refractivity contribution in [3.63, 3.8) is 0 Å². The number of methoxy groups -OCH3 is 1. The van der Waals surface area contributed by atoms with Crippen molar-refractivity contribution in [2.45, 2.75) is 6.54 Å². The van der Waals surface area contributed by atoms with Gasteiger partial charge < -0.3 is 10.1 Å². The number of hydrogen-bond acceptors (Lipinski definition) is 3. The molecule has 0 aliphatic heterocycles. The molecule has 1 amide bonds. The predicted molar refractivity (Wildman–Crippen MR) is 95.8 cm³/mol. The van der Waals surface area contributed by atoms with Gasteiger partial charge in [0.25, 0.3) is 5.91 Å². The van der Waals surface area contributed by atoms with Gasteiger partial charge in [0.1, 0.15) is 0 Å². The fraction of sp³-hybridized carbons (Fsp3) is 0.125. The maximum atomic E-state index is 12.2. The number of hydrogen-bond donors (Lipinski definition) is 1. The van der Waals surface area contributed by atoms with Crippen molar-refractivity contribution in [3.05, 3.63) is 67.2 Å². The summed E-state index contributed by atoms with van der Waals surface area (Å²) in [6.45, 7) is 0.392. The molecular weight excluding hydrogens is 461 g/mol. The van der Waals surface area contributed by atoms with Crippen LogP contribution in [-0.4, -0.2) is 19.0 Å². The Labute approximate surface area is 150 Å². The topological polar surface area (TPSA) is 55.4 Å². The molecule has 0 heterocycles. The predicted octanol–water partition coefficient (Wildman–Crippen LogP) is 3.77. The second-order valence-corrected chi connectivity index (χ2v) is 6.57. The van der Waals surface area contributed by atoms with Crippen LogP contribution in [0, 0.1) is 3.57 Å². The van der Waals surface area contributed by atoms with Crippen LogP contribution in [0.2, 0.25) is 0 Å². The van der Waals surface area contributed by atoms with Crippen molar-refractivity contribution in [3.8, 4) is 0 Å². The normalized spacial score (nSPS) is 10.1. The molecule has 1 N–H and O–H groups in total. The molecule has 6 heteroatoms. The van der Waals surface area contributed by atoms with Gasteiger partial charge in [0.05, 0.1) is 18.2 Å². The van der Waals surface area contributed by atoms with Gasteiger partial charge >= 0.3 is 5.97 Å². The lowest BCUT2D eigenvalue weighted by molar-refractivity contribution is 0.0600. The van der Waals surface area contributed by atoms with E-state index in [0.29, 0.717) is 17.7 Å². The second kappa shape index (κ2) is 7.73. The Morgan fingerprint density at radius 3 is 2.50 bits per heavy atom. The number of benzene rings is 2. The lowest BCUT2D eigenvalue weighted by Gasteiger charge is -2.08. The van der Waals surface area contributed by atoms with E-state index in [1.54, 1.807) is 30.3 Å². The Kier molecular flexibility index (Phi) is 5.96. The van der Waals surface area contributed by atoms with Crippen molar-refractivity contribution in [1.82, 2.24) is 5.32 Å². The van der Waals surface area contributed by atoms with Crippen molar-refractivity contribution in [2.75, 3.05) is 7.11 Å². The first kappa shape index (κ1) is 17.0. The van der Waals surface area contributed by atoms with Crippen LogP contribution >= 0.6 is 38.5 Å². The van der Waals surface area contributed by atoms with Crippen LogP contribution in [0.1, 0.15) is 26.3 Å². The molecule has 0 saturated carbocycles. The first-order chi connectivity index (χ1) is 10.5. The summed E-state index contributed by atoms with van der Waals surface area (Å²) in [6.07, 6.45) is 0. The molecule has 22 heavy (non-hydrogen) atoms. The molecule has 2 rings (SSSR count). The Bertz CT molecular complexity index is 701. The lowest BCUT2D eigenvalue weighted by atomic mass is 10.1. The maximum absolute atomic E-state index is 12.2. The third-order valence-corrected chi connectivity index (χ3v) is 4.44. The zero-order chi connectivity index (χ0) is 16.1. The molecule has 2 aromatic carbocycles. The number of carbonyl (C=O) groups excluding carboxylic acids is 2. The summed E-state index contributed by atoms with van der Waals surface area (Å²) in [6, 6.07) is 12.5. The number of ether oxygens (including phenoxy) is 1. The molecule has 4 nitrogen and oxygen atoms in total. The second-order valence-electron chi connectivity index (χ2n) is 4.50. The van der Waals surface area contributed by atoms with Gasteiger partial charge in [-0.1, -0.05) is 28.1 Å². The van der Waals surface area contributed by atoms with Crippen LogP contribution < -0.4 is 5.32 Å². The minimum absolute atomic E-state index is 0.136. The highest BCUT2D eigenvalue weighted by atomic mass is 127. The van der Waals surface area contributed by atoms with E-state index in [4.69, 9.17) is 0 Å². The number of amides is 1. The van der Waals surface area contributed by atoms with Crippen LogP contribution in [0.5, 0.6) is 0 Å². The van der Waals surface area contributed by atoms with E-state index in [9.17, 15) is 9.59 Å². The van der Waals surface area contributed by atoms with E-state index < -0.39 is 0 Å². The fourth-order valence-corrected chi connectivity index (χ4v) is 2.77. The molecule has 0 bridgehead atoms. The SMILES string of the molecule is COC(=O)c1ccc(CNC(=O)c2cc(Br)ccc2I)cc1. The third kappa shape index (κ3) is 4.30. The summed E-state index contributed by atoms with van der Waals surface area (Å²) >= 11 is 5.49. The van der Waals surface area contributed by atoms with Gasteiger partial charge in [0.15, 0.2) is 0 Å². The van der Waals surface area contributed by atoms with E-state index >= 15 is 0 Å². The first-order valence-electron chi connectivity index (χ1n) is 6.42. The average Bonchev–Trinajstić information content (AvgIpc) is 2.54. The molecule has 0 spiro atoms. The van der Waals surface area contributed by atoms with Crippen LogP contribution in [0.15, 0.2) is 46.9 Å². The number of halogens is 2. The summed E-state index contributed by atoms with van der Waals surface area (Å²) in [5, 5.41) is 2.87. The molecule has 2 aromatic rings. The highest BCUT2D eigenvalue weighted by Crippen LogP contribution is 2.18. The Hall–Kier alpha value is -1.41. The molecule has 0 unspecified atom stereocenters. The first-order valence-corrected chi connectivity index (χ1v) is 8.29. The van der Waals surface area contributed by atoms with Gasteiger partial charge in [-0.15, -0.1) is 0 Å². The van der Waals surface area contributed by atoms with Crippen molar-refractivity contribution < 1.29 is 14.3 Å². The van der Waals surface area contributed by atoms with Gasteiger partial charge in [0, 0.05) is 14.6 Å². The van der Waals surface area contributed by atoms with E-state index in [1.165, 1.54) is 7.11 Å². The standard InChI is InChI=1S/C16H13BrINO3/c1-22-16(21)11-4-2-10(3-5-11)9-19-15(20)13-8-12(17)6-7-14(13)18/h2-8H,9H2,1H3,(H,19,20). The number of esters is 1. The Balaban J connectivity index is 2.02. The third-order valence-electron chi connectivity index (χ3n) is 3.00. The maximum Gasteiger partial charge on any atom is 0.337 e. The Morgan fingerprint density at radius 1 is 1.18 bits per heavy atom. The number of nitrogens with one attached hydrogen (secondary N) is 1. The summed E-state index contributed by atoms with van der Waals surface area (Å²) in [7, 11) is 1.34. The Morgan fingerprint density at radius 2 is 1.86 bits per heavy atom. The van der Waals surface area contributed by atoms with E-state index in [1.807, 2.05) is 12.1 Å². The van der Waals surface area contributed by atoms with Crippen LogP contribution in [0.4, 0.5) is 0 Å². The molecule has 0 atom stereocenters. The van der Waals surface area contributed by atoms with Crippen molar-refractivity contribution in [1.29, 1.82) is 0 Å². The zero-order valence-electron chi connectivity index (χ0n) is 11.7. The largest absolute Gasteiger partial charge is 0.465 e. The van der Waals surface area contributed by atoms with E-state index in [2.05, 4.69) is 48.6 Å². The molecule has 0 fully saturated rings. The summed E-state index contributed by atoms with van der Waals surface area (Å²) in [5.74, 6) is -0.512. The van der Waals surface area contributed by atoms with Crippen LogP contribution in [0.3, 0.4) is 0 Å². The quantitative estimate of drug-likeness (QED) is 0.543. The molecule has 0 radical (unpaired) electrons.